The molecule has 2 atom stereocenters. The number of nitrogens with one attached hydrogen (secondary N) is 1. The van der Waals surface area contributed by atoms with Crippen molar-refractivity contribution in [2.24, 2.45) is 0 Å². The summed E-state index contributed by atoms with van der Waals surface area (Å²) >= 11 is 0. The number of benzene rings is 2. The molecule has 132 valence electrons. The highest BCUT2D eigenvalue weighted by Crippen LogP contribution is 2.37. The van der Waals surface area contributed by atoms with E-state index in [2.05, 4.69) is 5.32 Å². The molecule has 0 bridgehead atoms. The minimum atomic E-state index is -3.77. The lowest BCUT2D eigenvalue weighted by Crippen LogP contribution is -2.42. The van der Waals surface area contributed by atoms with E-state index in [0.717, 1.165) is 5.56 Å². The molecule has 0 saturated carbocycles. The molecular weight excluding hydrogens is 328 g/mol. The molecular formula is C19H19F2NO3. The zero-order chi connectivity index (χ0) is 18.0. The number of hydrogen-bond acceptors (Lipinski definition) is 3. The fourth-order valence-electron chi connectivity index (χ4n) is 3.11. The first-order valence-corrected chi connectivity index (χ1v) is 8.12. The van der Waals surface area contributed by atoms with E-state index in [-0.39, 0.29) is 12.4 Å². The van der Waals surface area contributed by atoms with Crippen LogP contribution in [0.5, 0.6) is 5.75 Å². The van der Waals surface area contributed by atoms with E-state index in [1.54, 1.807) is 25.1 Å². The lowest BCUT2D eigenvalue weighted by molar-refractivity contribution is -0.148. The maximum atomic E-state index is 14.7. The number of amides is 1. The predicted octanol–water partition coefficient (Wildman–Crippen LogP) is 2.95. The van der Waals surface area contributed by atoms with Gasteiger partial charge in [0.25, 0.3) is 5.91 Å². The van der Waals surface area contributed by atoms with E-state index in [9.17, 15) is 18.7 Å². The van der Waals surface area contributed by atoms with Gasteiger partial charge in [-0.2, -0.15) is 8.78 Å². The van der Waals surface area contributed by atoms with E-state index < -0.39 is 29.5 Å². The summed E-state index contributed by atoms with van der Waals surface area (Å²) in [4.78, 5) is 12.3. The fourth-order valence-corrected chi connectivity index (χ4v) is 3.11. The number of aliphatic hydroxyl groups is 1. The second-order valence-electron chi connectivity index (χ2n) is 5.92. The number of para-hydroxylation sites is 1. The molecule has 0 saturated heterocycles. The van der Waals surface area contributed by atoms with Crippen LogP contribution in [0.15, 0.2) is 48.5 Å². The molecule has 4 nitrogen and oxygen atoms in total. The number of fused-ring (bicyclic) bond motifs is 1. The van der Waals surface area contributed by atoms with Crippen LogP contribution in [0.2, 0.25) is 0 Å². The highest BCUT2D eigenvalue weighted by Gasteiger charge is 2.45. The molecule has 2 aromatic carbocycles. The molecule has 0 aliphatic heterocycles. The van der Waals surface area contributed by atoms with Crippen LogP contribution in [0.4, 0.5) is 8.78 Å². The molecule has 0 radical (unpaired) electrons. The number of alkyl halides is 2. The molecule has 2 N–H and O–H groups in total. The van der Waals surface area contributed by atoms with E-state index >= 15 is 0 Å². The number of carbonyl (C=O) groups is 1. The van der Waals surface area contributed by atoms with Crippen molar-refractivity contribution in [1.29, 1.82) is 0 Å². The second-order valence-corrected chi connectivity index (χ2v) is 5.92. The van der Waals surface area contributed by atoms with Crippen molar-refractivity contribution in [3.63, 3.8) is 0 Å². The van der Waals surface area contributed by atoms with Crippen molar-refractivity contribution in [1.82, 2.24) is 5.32 Å². The van der Waals surface area contributed by atoms with E-state index in [1.807, 2.05) is 12.1 Å². The third-order valence-corrected chi connectivity index (χ3v) is 4.30. The number of aliphatic hydroxyl groups excluding tert-OH is 1. The van der Waals surface area contributed by atoms with E-state index in [0.29, 0.717) is 12.0 Å². The van der Waals surface area contributed by atoms with Crippen LogP contribution in [0.1, 0.15) is 29.7 Å². The lowest BCUT2D eigenvalue weighted by atomic mass is 10.0. The number of ether oxygens (including phenoxy) is 1. The Morgan fingerprint density at radius 2 is 1.92 bits per heavy atom. The Balaban J connectivity index is 1.86. The molecule has 0 heterocycles. The molecule has 0 fully saturated rings. The number of carbonyl (C=O) groups excluding carboxylic acids is 1. The first-order chi connectivity index (χ1) is 11.9. The molecule has 6 heteroatoms. The Labute approximate surface area is 144 Å². The van der Waals surface area contributed by atoms with Gasteiger partial charge < -0.3 is 15.2 Å². The van der Waals surface area contributed by atoms with Gasteiger partial charge in [-0.05, 0) is 30.2 Å². The summed E-state index contributed by atoms with van der Waals surface area (Å²) in [6, 6.07) is 11.8. The highest BCUT2D eigenvalue weighted by molar-refractivity contribution is 5.86. The van der Waals surface area contributed by atoms with Gasteiger partial charge in [0, 0.05) is 6.42 Å². The summed E-state index contributed by atoms with van der Waals surface area (Å²) < 4.78 is 34.6. The molecule has 0 aromatic heterocycles. The van der Waals surface area contributed by atoms with Gasteiger partial charge in [-0.15, -0.1) is 0 Å². The Bertz CT molecular complexity index is 779. The Kier molecular flexibility index (Phi) is 4.72. The molecule has 3 rings (SSSR count). The zero-order valence-electron chi connectivity index (χ0n) is 13.7. The van der Waals surface area contributed by atoms with Crippen molar-refractivity contribution in [2.75, 3.05) is 6.61 Å². The summed E-state index contributed by atoms with van der Waals surface area (Å²) in [5, 5.41) is 12.4. The summed E-state index contributed by atoms with van der Waals surface area (Å²) in [7, 11) is 0. The van der Waals surface area contributed by atoms with Crippen LogP contribution >= 0.6 is 0 Å². The summed E-state index contributed by atoms with van der Waals surface area (Å²) in [5.74, 6) is -5.26. The number of halogens is 2. The quantitative estimate of drug-likeness (QED) is 0.874. The van der Waals surface area contributed by atoms with Crippen LogP contribution < -0.4 is 10.1 Å². The fraction of sp³-hybridized carbons (Fsp3) is 0.316. The molecule has 1 aliphatic carbocycles. The van der Waals surface area contributed by atoms with Crippen molar-refractivity contribution >= 4 is 5.91 Å². The number of rotatable bonds is 5. The third kappa shape index (κ3) is 3.22. The van der Waals surface area contributed by atoms with Gasteiger partial charge in [0.2, 0.25) is 0 Å². The van der Waals surface area contributed by atoms with Crippen LogP contribution in [0.3, 0.4) is 0 Å². The minimum Gasteiger partial charge on any atom is -0.493 e. The monoisotopic (exact) mass is 347 g/mol. The summed E-state index contributed by atoms with van der Waals surface area (Å²) in [5.41, 5.74) is 1.02. The Morgan fingerprint density at radius 3 is 2.68 bits per heavy atom. The molecule has 1 aliphatic rings. The SMILES string of the molecule is CCOc1ccccc1C(F)(F)C(=O)NC1c2ccccc2CC1O. The summed E-state index contributed by atoms with van der Waals surface area (Å²) in [6.45, 7) is 1.89. The molecule has 2 aromatic rings. The smallest absolute Gasteiger partial charge is 0.353 e. The first kappa shape index (κ1) is 17.4. The molecule has 2 unspecified atom stereocenters. The topological polar surface area (TPSA) is 58.6 Å². The maximum Gasteiger partial charge on any atom is 0.353 e. The van der Waals surface area contributed by atoms with Gasteiger partial charge >= 0.3 is 5.92 Å². The largest absolute Gasteiger partial charge is 0.493 e. The Hall–Kier alpha value is -2.47. The second kappa shape index (κ2) is 6.80. The van der Waals surface area contributed by atoms with Gasteiger partial charge in [-0.3, -0.25) is 4.79 Å². The first-order valence-electron chi connectivity index (χ1n) is 8.12. The van der Waals surface area contributed by atoms with Crippen molar-refractivity contribution in [3.8, 4) is 5.75 Å². The van der Waals surface area contributed by atoms with Gasteiger partial charge in [0.05, 0.1) is 24.3 Å². The normalized spacial score (nSPS) is 19.4. The third-order valence-electron chi connectivity index (χ3n) is 4.30. The van der Waals surface area contributed by atoms with Crippen molar-refractivity contribution in [3.05, 3.63) is 65.2 Å². The van der Waals surface area contributed by atoms with Crippen LogP contribution in [-0.2, 0) is 17.1 Å². The van der Waals surface area contributed by atoms with Crippen LogP contribution in [-0.4, -0.2) is 23.7 Å². The van der Waals surface area contributed by atoms with Crippen LogP contribution in [0.25, 0.3) is 0 Å². The molecule has 1 amide bonds. The average Bonchev–Trinajstić information content (AvgIpc) is 2.91. The maximum absolute atomic E-state index is 14.7. The van der Waals surface area contributed by atoms with E-state index in [4.69, 9.17) is 4.74 Å². The number of hydrogen-bond donors (Lipinski definition) is 2. The molecule has 25 heavy (non-hydrogen) atoms. The standard InChI is InChI=1S/C19H19F2NO3/c1-2-25-16-10-6-5-9-14(16)19(20,21)18(24)22-17-13-8-4-3-7-12(13)11-15(17)23/h3-10,15,17,23H,2,11H2,1H3,(H,22,24). The van der Waals surface area contributed by atoms with Gasteiger partial charge in [0.1, 0.15) is 5.75 Å². The van der Waals surface area contributed by atoms with Crippen molar-refractivity contribution in [2.45, 2.75) is 31.4 Å². The molecule has 0 spiro atoms. The Morgan fingerprint density at radius 1 is 1.24 bits per heavy atom. The predicted molar refractivity (Wildman–Crippen MR) is 88.5 cm³/mol. The van der Waals surface area contributed by atoms with Gasteiger partial charge in [0.15, 0.2) is 0 Å². The van der Waals surface area contributed by atoms with Crippen molar-refractivity contribution < 1.29 is 23.4 Å². The lowest BCUT2D eigenvalue weighted by Gasteiger charge is -2.23. The average molecular weight is 347 g/mol. The van der Waals surface area contributed by atoms with E-state index in [1.165, 1.54) is 18.2 Å². The van der Waals surface area contributed by atoms with Crippen LogP contribution in [0, 0.1) is 0 Å². The van der Waals surface area contributed by atoms with Gasteiger partial charge in [-0.1, -0.05) is 36.4 Å². The highest BCUT2D eigenvalue weighted by atomic mass is 19.3. The summed E-state index contributed by atoms with van der Waals surface area (Å²) in [6.07, 6.45) is -0.610. The minimum absolute atomic E-state index is 0.0301. The van der Waals surface area contributed by atoms with Gasteiger partial charge in [-0.25, -0.2) is 0 Å². The zero-order valence-corrected chi connectivity index (χ0v) is 13.7.